The molecule has 0 radical (unpaired) electrons. The maximum atomic E-state index is 11.4. The van der Waals surface area contributed by atoms with Gasteiger partial charge in [-0.2, -0.15) is 0 Å². The number of rotatable bonds is 6. The van der Waals surface area contributed by atoms with Crippen molar-refractivity contribution in [2.45, 2.75) is 40.2 Å². The maximum absolute atomic E-state index is 11.4. The molecule has 1 unspecified atom stereocenters. The van der Waals surface area contributed by atoms with Gasteiger partial charge in [0, 0.05) is 12.0 Å². The summed E-state index contributed by atoms with van der Waals surface area (Å²) in [5.74, 6) is 6.86. The fourth-order valence-electron chi connectivity index (χ4n) is 1.72. The standard InChI is InChI=1S/C12H22N6O/c1-5-8-15-11(7(4)12(16-8)18-14)17-9(6(2)3)10(13)19/h6,9H,5,14H2,1-4H3,(H2,13,19)(H2,15,16,17,18). The number of nitrogens with one attached hydrogen (secondary N) is 2. The summed E-state index contributed by atoms with van der Waals surface area (Å²) < 4.78 is 0. The zero-order valence-corrected chi connectivity index (χ0v) is 11.8. The Hall–Kier alpha value is -1.89. The highest BCUT2D eigenvalue weighted by atomic mass is 16.1. The minimum atomic E-state index is -0.482. The molecule has 106 valence electrons. The van der Waals surface area contributed by atoms with Gasteiger partial charge in [0.05, 0.1) is 0 Å². The molecule has 0 fully saturated rings. The summed E-state index contributed by atoms with van der Waals surface area (Å²) in [7, 11) is 0. The van der Waals surface area contributed by atoms with Gasteiger partial charge < -0.3 is 16.5 Å². The number of nitrogens with zero attached hydrogens (tertiary/aromatic N) is 2. The molecule has 0 aromatic carbocycles. The van der Waals surface area contributed by atoms with Crippen molar-refractivity contribution in [1.82, 2.24) is 9.97 Å². The van der Waals surface area contributed by atoms with Gasteiger partial charge >= 0.3 is 0 Å². The fourth-order valence-corrected chi connectivity index (χ4v) is 1.72. The first kappa shape index (κ1) is 15.2. The zero-order chi connectivity index (χ0) is 14.6. The molecular weight excluding hydrogens is 244 g/mol. The average Bonchev–Trinajstić information content (AvgIpc) is 2.36. The molecule has 0 spiro atoms. The largest absolute Gasteiger partial charge is 0.368 e. The number of carbonyl (C=O) groups is 1. The lowest BCUT2D eigenvalue weighted by molar-refractivity contribution is -0.119. The Labute approximate surface area is 113 Å². The first-order chi connectivity index (χ1) is 8.90. The normalized spacial score (nSPS) is 12.3. The molecule has 1 rings (SSSR count). The third kappa shape index (κ3) is 3.54. The Bertz CT molecular complexity index is 460. The van der Waals surface area contributed by atoms with E-state index in [1.54, 1.807) is 0 Å². The molecule has 7 heteroatoms. The molecule has 7 nitrogen and oxygen atoms in total. The van der Waals surface area contributed by atoms with Gasteiger partial charge in [0.25, 0.3) is 0 Å². The number of hydrogen-bond donors (Lipinski definition) is 4. The van der Waals surface area contributed by atoms with Gasteiger partial charge in [-0.25, -0.2) is 15.8 Å². The molecule has 0 bridgehead atoms. The monoisotopic (exact) mass is 266 g/mol. The van der Waals surface area contributed by atoms with Gasteiger partial charge in [-0.1, -0.05) is 20.8 Å². The van der Waals surface area contributed by atoms with Crippen molar-refractivity contribution in [2.75, 3.05) is 10.7 Å². The van der Waals surface area contributed by atoms with E-state index in [9.17, 15) is 4.79 Å². The van der Waals surface area contributed by atoms with E-state index in [1.165, 1.54) is 0 Å². The Kier molecular flexibility index (Phi) is 5.05. The van der Waals surface area contributed by atoms with Gasteiger partial charge in [-0.3, -0.25) is 4.79 Å². The van der Waals surface area contributed by atoms with E-state index in [0.717, 1.165) is 5.56 Å². The van der Waals surface area contributed by atoms with Gasteiger partial charge in [0.15, 0.2) is 0 Å². The van der Waals surface area contributed by atoms with Gasteiger partial charge in [-0.15, -0.1) is 0 Å². The maximum Gasteiger partial charge on any atom is 0.240 e. The molecule has 0 aliphatic carbocycles. The van der Waals surface area contributed by atoms with E-state index in [-0.39, 0.29) is 5.92 Å². The number of hydrazine groups is 1. The zero-order valence-electron chi connectivity index (χ0n) is 11.8. The molecule has 0 aliphatic heterocycles. The molecule has 0 aliphatic rings. The molecule has 0 saturated heterocycles. The predicted octanol–water partition coefficient (Wildman–Crippen LogP) is 0.555. The SMILES string of the molecule is CCc1nc(NN)c(C)c(NC(C(N)=O)C(C)C)n1. The number of primary amides is 1. The van der Waals surface area contributed by atoms with Gasteiger partial charge in [0.1, 0.15) is 23.5 Å². The fraction of sp³-hybridized carbons (Fsp3) is 0.583. The molecule has 1 heterocycles. The molecule has 1 aromatic rings. The minimum absolute atomic E-state index is 0.0613. The number of hydrogen-bond acceptors (Lipinski definition) is 6. The van der Waals surface area contributed by atoms with Crippen molar-refractivity contribution in [3.8, 4) is 0 Å². The van der Waals surface area contributed by atoms with Crippen molar-refractivity contribution in [3.63, 3.8) is 0 Å². The van der Waals surface area contributed by atoms with Crippen LogP contribution in [0.4, 0.5) is 11.6 Å². The van der Waals surface area contributed by atoms with Crippen LogP contribution in [0, 0.1) is 12.8 Å². The van der Waals surface area contributed by atoms with Crippen LogP contribution >= 0.6 is 0 Å². The van der Waals surface area contributed by atoms with Crippen molar-refractivity contribution in [3.05, 3.63) is 11.4 Å². The van der Waals surface area contributed by atoms with Crippen molar-refractivity contribution in [1.29, 1.82) is 0 Å². The third-order valence-corrected chi connectivity index (χ3v) is 2.91. The van der Waals surface area contributed by atoms with Crippen LogP contribution in [0.25, 0.3) is 0 Å². The van der Waals surface area contributed by atoms with Crippen LogP contribution in [-0.2, 0) is 11.2 Å². The lowest BCUT2D eigenvalue weighted by atomic mass is 10.0. The Morgan fingerprint density at radius 1 is 1.32 bits per heavy atom. The smallest absolute Gasteiger partial charge is 0.240 e. The lowest BCUT2D eigenvalue weighted by Gasteiger charge is -2.21. The van der Waals surface area contributed by atoms with E-state index in [4.69, 9.17) is 11.6 Å². The number of aromatic nitrogens is 2. The number of aryl methyl sites for hydroxylation is 1. The topological polar surface area (TPSA) is 119 Å². The molecule has 1 atom stereocenters. The highest BCUT2D eigenvalue weighted by molar-refractivity contribution is 5.83. The highest BCUT2D eigenvalue weighted by Gasteiger charge is 2.21. The number of nitrogen functional groups attached to an aromatic ring is 1. The Balaban J connectivity index is 3.15. The quantitative estimate of drug-likeness (QED) is 0.441. The second-order valence-electron chi connectivity index (χ2n) is 4.73. The molecule has 0 saturated carbocycles. The Morgan fingerprint density at radius 2 is 1.89 bits per heavy atom. The minimum Gasteiger partial charge on any atom is -0.368 e. The number of anilines is 2. The van der Waals surface area contributed by atoms with Crippen LogP contribution in [0.5, 0.6) is 0 Å². The summed E-state index contributed by atoms with van der Waals surface area (Å²) in [5, 5.41) is 3.07. The highest BCUT2D eigenvalue weighted by Crippen LogP contribution is 2.21. The summed E-state index contributed by atoms with van der Waals surface area (Å²) in [6.45, 7) is 7.61. The van der Waals surface area contributed by atoms with E-state index in [2.05, 4.69) is 20.7 Å². The van der Waals surface area contributed by atoms with E-state index >= 15 is 0 Å². The van der Waals surface area contributed by atoms with Crippen molar-refractivity contribution >= 4 is 17.5 Å². The molecule has 1 amide bonds. The lowest BCUT2D eigenvalue weighted by Crippen LogP contribution is -2.40. The van der Waals surface area contributed by atoms with Crippen molar-refractivity contribution in [2.24, 2.45) is 17.5 Å². The summed E-state index contributed by atoms with van der Waals surface area (Å²) in [4.78, 5) is 20.1. The van der Waals surface area contributed by atoms with Crippen molar-refractivity contribution < 1.29 is 4.79 Å². The Morgan fingerprint density at radius 3 is 2.32 bits per heavy atom. The first-order valence-electron chi connectivity index (χ1n) is 6.30. The molecule has 19 heavy (non-hydrogen) atoms. The molecular formula is C12H22N6O. The van der Waals surface area contributed by atoms with Gasteiger partial charge in [0.2, 0.25) is 5.91 Å². The first-order valence-corrected chi connectivity index (χ1v) is 6.30. The summed E-state index contributed by atoms with van der Waals surface area (Å²) in [6.07, 6.45) is 0.673. The predicted molar refractivity (Wildman–Crippen MR) is 75.4 cm³/mol. The second kappa shape index (κ2) is 6.33. The second-order valence-corrected chi connectivity index (χ2v) is 4.73. The molecule has 6 N–H and O–H groups in total. The molecule has 1 aromatic heterocycles. The van der Waals surface area contributed by atoms with E-state index in [1.807, 2.05) is 27.7 Å². The van der Waals surface area contributed by atoms with Gasteiger partial charge in [-0.05, 0) is 12.8 Å². The number of amides is 1. The number of nitrogens with two attached hydrogens (primary N) is 2. The average molecular weight is 266 g/mol. The summed E-state index contributed by atoms with van der Waals surface area (Å²) in [5.41, 5.74) is 8.68. The number of carbonyl (C=O) groups excluding carboxylic acids is 1. The van der Waals surface area contributed by atoms with Crippen LogP contribution in [0.2, 0.25) is 0 Å². The van der Waals surface area contributed by atoms with Crippen LogP contribution in [0.3, 0.4) is 0 Å². The van der Waals surface area contributed by atoms with E-state index in [0.29, 0.717) is 23.9 Å². The van der Waals surface area contributed by atoms with Crippen LogP contribution in [-0.4, -0.2) is 21.9 Å². The summed E-state index contributed by atoms with van der Waals surface area (Å²) in [6, 6.07) is -0.482. The van der Waals surface area contributed by atoms with E-state index < -0.39 is 11.9 Å². The van der Waals surface area contributed by atoms with Crippen LogP contribution in [0.1, 0.15) is 32.2 Å². The summed E-state index contributed by atoms with van der Waals surface area (Å²) >= 11 is 0. The van der Waals surface area contributed by atoms with Crippen LogP contribution < -0.4 is 22.3 Å². The van der Waals surface area contributed by atoms with Crippen LogP contribution in [0.15, 0.2) is 0 Å². The third-order valence-electron chi connectivity index (χ3n) is 2.91.